The van der Waals surface area contributed by atoms with Gasteiger partial charge >= 0.3 is 0 Å². The number of nitrogens with zero attached hydrogens (tertiary/aromatic N) is 1. The highest BCUT2D eigenvalue weighted by molar-refractivity contribution is 5.85. The van der Waals surface area contributed by atoms with Gasteiger partial charge in [-0.3, -0.25) is 14.4 Å². The third kappa shape index (κ3) is 6.60. The molecule has 0 aromatic heterocycles. The van der Waals surface area contributed by atoms with Crippen molar-refractivity contribution in [1.29, 1.82) is 0 Å². The van der Waals surface area contributed by atoms with E-state index < -0.39 is 0 Å². The van der Waals surface area contributed by atoms with E-state index in [0.29, 0.717) is 12.5 Å². The Morgan fingerprint density at radius 3 is 2.29 bits per heavy atom. The maximum absolute atomic E-state index is 11.9. The number of hydrogen-bond acceptors (Lipinski definition) is 3. The van der Waals surface area contributed by atoms with Crippen molar-refractivity contribution in [1.82, 2.24) is 15.5 Å². The molecule has 6 heteroatoms. The summed E-state index contributed by atoms with van der Waals surface area (Å²) in [4.78, 5) is 36.6. The number of carbonyl (C=O) groups excluding carboxylic acids is 3. The van der Waals surface area contributed by atoms with Gasteiger partial charge in [-0.05, 0) is 33.1 Å². The molecule has 0 saturated heterocycles. The van der Waals surface area contributed by atoms with Crippen molar-refractivity contribution in [3.8, 4) is 0 Å². The van der Waals surface area contributed by atoms with Crippen LogP contribution in [0.5, 0.6) is 0 Å². The first-order valence-corrected chi connectivity index (χ1v) is 7.43. The average Bonchev–Trinajstić information content (AvgIpc) is 3.03. The van der Waals surface area contributed by atoms with Crippen LogP contribution in [0, 0.1) is 11.8 Å². The van der Waals surface area contributed by atoms with Gasteiger partial charge in [0.1, 0.15) is 0 Å². The Bertz CT molecular complexity index is 415. The highest BCUT2D eigenvalue weighted by Crippen LogP contribution is 2.37. The molecule has 1 aliphatic carbocycles. The van der Waals surface area contributed by atoms with E-state index in [1.807, 2.05) is 27.7 Å². The Morgan fingerprint density at radius 2 is 1.81 bits per heavy atom. The summed E-state index contributed by atoms with van der Waals surface area (Å²) in [5, 5.41) is 5.57. The van der Waals surface area contributed by atoms with Gasteiger partial charge in [0.05, 0.1) is 6.54 Å². The molecule has 6 nitrogen and oxygen atoms in total. The van der Waals surface area contributed by atoms with Crippen LogP contribution in [0.4, 0.5) is 0 Å². The molecule has 1 fully saturated rings. The molecule has 0 radical (unpaired) electrons. The van der Waals surface area contributed by atoms with Crippen LogP contribution in [0.3, 0.4) is 0 Å². The number of rotatable bonds is 6. The summed E-state index contributed by atoms with van der Waals surface area (Å²) < 4.78 is 0. The monoisotopic (exact) mass is 297 g/mol. The average molecular weight is 297 g/mol. The summed E-state index contributed by atoms with van der Waals surface area (Å²) >= 11 is 0. The van der Waals surface area contributed by atoms with Gasteiger partial charge in [0.2, 0.25) is 17.7 Å². The van der Waals surface area contributed by atoms with Gasteiger partial charge in [-0.15, -0.1) is 0 Å². The van der Waals surface area contributed by atoms with Crippen molar-refractivity contribution < 1.29 is 14.4 Å². The zero-order valence-corrected chi connectivity index (χ0v) is 13.7. The van der Waals surface area contributed by atoms with Crippen LogP contribution in [0.1, 0.15) is 40.5 Å². The molecule has 0 spiro atoms. The molecule has 0 aromatic carbocycles. The largest absolute Gasteiger partial charge is 0.355 e. The summed E-state index contributed by atoms with van der Waals surface area (Å²) in [6.45, 7) is 8.07. The van der Waals surface area contributed by atoms with Gasteiger partial charge in [0.15, 0.2) is 0 Å². The molecule has 1 saturated carbocycles. The van der Waals surface area contributed by atoms with Gasteiger partial charge in [0, 0.05) is 31.5 Å². The second-order valence-electron chi connectivity index (χ2n) is 6.91. The summed E-state index contributed by atoms with van der Waals surface area (Å²) in [6.07, 6.45) is 1.15. The second-order valence-corrected chi connectivity index (χ2v) is 6.91. The minimum atomic E-state index is -0.310. The zero-order chi connectivity index (χ0) is 16.2. The van der Waals surface area contributed by atoms with E-state index in [2.05, 4.69) is 10.6 Å². The fraction of sp³-hybridized carbons (Fsp3) is 0.800. The van der Waals surface area contributed by atoms with Crippen molar-refractivity contribution in [2.75, 3.05) is 20.1 Å². The summed E-state index contributed by atoms with van der Waals surface area (Å²) in [6, 6.07) is 0. The predicted molar refractivity (Wildman–Crippen MR) is 80.4 cm³/mol. The molecule has 2 atom stereocenters. The molecule has 3 amide bonds. The Labute approximate surface area is 126 Å². The van der Waals surface area contributed by atoms with E-state index in [0.717, 1.165) is 6.42 Å². The van der Waals surface area contributed by atoms with E-state index in [9.17, 15) is 14.4 Å². The fourth-order valence-corrected chi connectivity index (χ4v) is 2.06. The standard InChI is InChI=1S/C15H27N3O3/c1-10-8-11(10)14(21)16-7-6-13(20)18(5)9-12(19)17-15(2,3)4/h10-11H,6-9H2,1-5H3,(H,16,21)(H,17,19)/t10-,11+/m1/s1. The maximum Gasteiger partial charge on any atom is 0.240 e. The molecule has 0 aliphatic heterocycles. The van der Waals surface area contributed by atoms with Crippen molar-refractivity contribution in [2.24, 2.45) is 11.8 Å². The van der Waals surface area contributed by atoms with Crippen molar-refractivity contribution >= 4 is 17.7 Å². The molecular formula is C15H27N3O3. The van der Waals surface area contributed by atoms with Gasteiger partial charge in [-0.1, -0.05) is 6.92 Å². The number of carbonyl (C=O) groups is 3. The van der Waals surface area contributed by atoms with Gasteiger partial charge in [-0.2, -0.15) is 0 Å². The lowest BCUT2D eigenvalue weighted by molar-refractivity contribution is -0.135. The van der Waals surface area contributed by atoms with E-state index in [-0.39, 0.29) is 42.1 Å². The minimum Gasteiger partial charge on any atom is -0.355 e. The Kier molecular flexibility index (Phi) is 5.75. The number of amides is 3. The van der Waals surface area contributed by atoms with Crippen LogP contribution in [-0.4, -0.2) is 48.3 Å². The van der Waals surface area contributed by atoms with Crippen LogP contribution >= 0.6 is 0 Å². The topological polar surface area (TPSA) is 78.5 Å². The first kappa shape index (κ1) is 17.5. The van der Waals surface area contributed by atoms with Crippen LogP contribution in [0.15, 0.2) is 0 Å². The molecule has 21 heavy (non-hydrogen) atoms. The Hall–Kier alpha value is -1.59. The Morgan fingerprint density at radius 1 is 1.24 bits per heavy atom. The molecule has 0 bridgehead atoms. The highest BCUT2D eigenvalue weighted by Gasteiger charge is 2.38. The zero-order valence-electron chi connectivity index (χ0n) is 13.7. The van der Waals surface area contributed by atoms with Crippen LogP contribution in [0.25, 0.3) is 0 Å². The summed E-state index contributed by atoms with van der Waals surface area (Å²) in [7, 11) is 1.59. The lowest BCUT2D eigenvalue weighted by Crippen LogP contribution is -2.46. The van der Waals surface area contributed by atoms with Gasteiger partial charge in [-0.25, -0.2) is 0 Å². The lowest BCUT2D eigenvalue weighted by atomic mass is 10.1. The van der Waals surface area contributed by atoms with Crippen molar-refractivity contribution in [2.45, 2.75) is 46.1 Å². The van der Waals surface area contributed by atoms with E-state index in [1.54, 1.807) is 7.05 Å². The number of nitrogens with one attached hydrogen (secondary N) is 2. The molecule has 0 aromatic rings. The highest BCUT2D eigenvalue weighted by atomic mass is 16.2. The smallest absolute Gasteiger partial charge is 0.240 e. The quantitative estimate of drug-likeness (QED) is 0.750. The SMILES string of the molecule is C[C@@H]1C[C@@H]1C(=O)NCCC(=O)N(C)CC(=O)NC(C)(C)C. The van der Waals surface area contributed by atoms with Crippen LogP contribution in [-0.2, 0) is 14.4 Å². The van der Waals surface area contributed by atoms with Crippen molar-refractivity contribution in [3.63, 3.8) is 0 Å². The lowest BCUT2D eigenvalue weighted by Gasteiger charge is -2.23. The molecule has 2 N–H and O–H groups in total. The van der Waals surface area contributed by atoms with Crippen molar-refractivity contribution in [3.05, 3.63) is 0 Å². The molecule has 120 valence electrons. The second kappa shape index (κ2) is 6.91. The predicted octanol–water partition coefficient (Wildman–Crippen LogP) is 0.522. The maximum atomic E-state index is 11.9. The number of likely N-dealkylation sites (N-methyl/N-ethyl adjacent to an activating group) is 1. The minimum absolute atomic E-state index is 0.0310. The van der Waals surface area contributed by atoms with E-state index in [4.69, 9.17) is 0 Å². The first-order valence-electron chi connectivity index (χ1n) is 7.43. The van der Waals surface area contributed by atoms with E-state index >= 15 is 0 Å². The third-order valence-electron chi connectivity index (χ3n) is 3.41. The summed E-state index contributed by atoms with van der Waals surface area (Å²) in [5.41, 5.74) is -0.310. The molecule has 0 heterocycles. The van der Waals surface area contributed by atoms with Gasteiger partial charge in [0.25, 0.3) is 0 Å². The van der Waals surface area contributed by atoms with Crippen LogP contribution in [0.2, 0.25) is 0 Å². The fourth-order valence-electron chi connectivity index (χ4n) is 2.06. The summed E-state index contributed by atoms with van der Waals surface area (Å²) in [5.74, 6) is 0.278. The first-order chi connectivity index (χ1) is 9.60. The third-order valence-corrected chi connectivity index (χ3v) is 3.41. The normalized spacial score (nSPS) is 20.6. The molecule has 0 unspecified atom stereocenters. The molecular weight excluding hydrogens is 270 g/mol. The Balaban J connectivity index is 2.21. The molecule has 1 aliphatic rings. The number of hydrogen-bond donors (Lipinski definition) is 2. The van der Waals surface area contributed by atoms with E-state index in [1.165, 1.54) is 4.90 Å². The van der Waals surface area contributed by atoms with Crippen LogP contribution < -0.4 is 10.6 Å². The molecule has 1 rings (SSSR count). The van der Waals surface area contributed by atoms with Gasteiger partial charge < -0.3 is 15.5 Å².